The molecule has 1 amide bonds. The van der Waals surface area contributed by atoms with E-state index in [4.69, 9.17) is 4.74 Å². The molecule has 33 heavy (non-hydrogen) atoms. The number of nitrogens with one attached hydrogen (secondary N) is 1. The van der Waals surface area contributed by atoms with Gasteiger partial charge in [0.15, 0.2) is 0 Å². The maximum Gasteiger partial charge on any atom is 0.458 e. The monoisotopic (exact) mass is 466 g/mol. The third kappa shape index (κ3) is 3.78. The van der Waals surface area contributed by atoms with E-state index in [2.05, 4.69) is 5.32 Å². The Kier molecular flexibility index (Phi) is 5.51. The topological polar surface area (TPSA) is 41.6 Å². The minimum absolute atomic E-state index is 0.0322. The number of amides is 1. The summed E-state index contributed by atoms with van der Waals surface area (Å²) in [6.45, 7) is 6.44. The smallest absolute Gasteiger partial charge is 0.458 e. The van der Waals surface area contributed by atoms with Crippen molar-refractivity contribution < 1.29 is 31.5 Å². The van der Waals surface area contributed by atoms with Crippen LogP contribution in [0.4, 0.5) is 22.0 Å². The summed E-state index contributed by atoms with van der Waals surface area (Å²) < 4.78 is 73.7. The molecule has 0 spiro atoms. The number of carbonyl (C=O) groups excluding carboxylic acids is 1. The maximum absolute atomic E-state index is 14.2. The van der Waals surface area contributed by atoms with Crippen molar-refractivity contribution in [3.63, 3.8) is 0 Å². The quantitative estimate of drug-likeness (QED) is 0.593. The highest BCUT2D eigenvalue weighted by molar-refractivity contribution is 6.04. The minimum Gasteiger partial charge on any atom is -0.483 e. The van der Waals surface area contributed by atoms with Crippen molar-refractivity contribution in [2.75, 3.05) is 13.1 Å². The normalized spacial score (nSPS) is 17.7. The lowest BCUT2D eigenvalue weighted by molar-refractivity contribution is -0.289. The van der Waals surface area contributed by atoms with Gasteiger partial charge in [-0.15, -0.1) is 0 Å². The molecule has 0 saturated heterocycles. The number of carbonyl (C=O) groups is 1. The average Bonchev–Trinajstić information content (AvgIpc) is 3.06. The van der Waals surface area contributed by atoms with E-state index in [9.17, 15) is 26.7 Å². The number of hydrogen-bond acceptors (Lipinski definition) is 3. The summed E-state index contributed by atoms with van der Waals surface area (Å²) >= 11 is 0. The van der Waals surface area contributed by atoms with E-state index in [1.807, 2.05) is 6.92 Å². The summed E-state index contributed by atoms with van der Waals surface area (Å²) in [4.78, 5) is 14.7. The van der Waals surface area contributed by atoms with Gasteiger partial charge in [0.05, 0.1) is 12.2 Å². The van der Waals surface area contributed by atoms with Gasteiger partial charge in [-0.05, 0) is 50.2 Å². The molecule has 1 N–H and O–H groups in total. The molecular weight excluding hydrogens is 443 g/mol. The Morgan fingerprint density at radius 1 is 1.06 bits per heavy atom. The van der Waals surface area contributed by atoms with Crippen molar-refractivity contribution in [3.05, 3.63) is 70.3 Å². The molecule has 0 aliphatic carbocycles. The van der Waals surface area contributed by atoms with E-state index < -0.39 is 23.3 Å². The van der Waals surface area contributed by atoms with Gasteiger partial charge in [0.1, 0.15) is 11.4 Å². The molecule has 0 aromatic heterocycles. The Morgan fingerprint density at radius 2 is 1.76 bits per heavy atom. The van der Waals surface area contributed by atoms with Crippen LogP contribution in [0.5, 0.6) is 5.75 Å². The SMILES string of the molecule is CCNCC1=C(N2Cc3ccccc3C2=O)c2cc(C(F)(F)C(F)(F)F)ccc2OC1(C)C. The molecule has 4 rings (SSSR count). The molecule has 2 aliphatic rings. The van der Waals surface area contributed by atoms with Crippen LogP contribution in [-0.2, 0) is 12.5 Å². The van der Waals surface area contributed by atoms with Gasteiger partial charge in [0.2, 0.25) is 0 Å². The molecule has 0 saturated carbocycles. The molecule has 4 nitrogen and oxygen atoms in total. The first-order chi connectivity index (χ1) is 15.4. The van der Waals surface area contributed by atoms with Crippen molar-refractivity contribution in [3.8, 4) is 5.75 Å². The van der Waals surface area contributed by atoms with Crippen LogP contribution in [0.3, 0.4) is 0 Å². The average molecular weight is 466 g/mol. The molecule has 0 radical (unpaired) electrons. The van der Waals surface area contributed by atoms with Crippen LogP contribution >= 0.6 is 0 Å². The molecule has 0 unspecified atom stereocenters. The van der Waals surface area contributed by atoms with Crippen LogP contribution in [0.2, 0.25) is 0 Å². The van der Waals surface area contributed by atoms with Crippen molar-refractivity contribution in [2.45, 2.75) is 45.0 Å². The zero-order valence-electron chi connectivity index (χ0n) is 18.3. The van der Waals surface area contributed by atoms with Crippen LogP contribution in [0.15, 0.2) is 48.0 Å². The second kappa shape index (κ2) is 7.83. The standard InChI is InChI=1S/C24H23F5N2O2/c1-4-30-12-18-20(31-13-14-7-5-6-8-16(14)21(31)32)17-11-15(23(25,26)24(27,28)29)9-10-19(17)33-22(18,2)3/h5-11,30H,4,12-13H2,1-3H3. The van der Waals surface area contributed by atoms with Crippen LogP contribution in [0.1, 0.15) is 47.8 Å². The molecule has 2 aliphatic heterocycles. The number of hydrogen-bond donors (Lipinski definition) is 1. The lowest BCUT2D eigenvalue weighted by Crippen LogP contribution is -2.42. The van der Waals surface area contributed by atoms with Gasteiger partial charge < -0.3 is 15.0 Å². The summed E-state index contributed by atoms with van der Waals surface area (Å²) in [5.74, 6) is -5.26. The molecule has 2 aromatic rings. The lowest BCUT2D eigenvalue weighted by Gasteiger charge is -2.40. The van der Waals surface area contributed by atoms with Crippen LogP contribution in [0, 0.1) is 0 Å². The summed E-state index contributed by atoms with van der Waals surface area (Å²) in [5.41, 5.74) is -0.0101. The van der Waals surface area contributed by atoms with E-state index in [-0.39, 0.29) is 30.3 Å². The third-order valence-corrected chi connectivity index (χ3v) is 5.97. The maximum atomic E-state index is 14.2. The van der Waals surface area contributed by atoms with Gasteiger partial charge in [0, 0.05) is 28.8 Å². The number of nitrogens with zero attached hydrogens (tertiary/aromatic N) is 1. The first kappa shape index (κ1) is 23.2. The Morgan fingerprint density at radius 3 is 2.39 bits per heavy atom. The number of rotatable bonds is 5. The van der Waals surface area contributed by atoms with Crippen molar-refractivity contribution in [1.82, 2.24) is 10.2 Å². The van der Waals surface area contributed by atoms with Crippen molar-refractivity contribution in [2.24, 2.45) is 0 Å². The molecule has 176 valence electrons. The van der Waals surface area contributed by atoms with Gasteiger partial charge in [-0.2, -0.15) is 22.0 Å². The predicted octanol–water partition coefficient (Wildman–Crippen LogP) is 5.49. The first-order valence-corrected chi connectivity index (χ1v) is 10.5. The second-order valence-electron chi connectivity index (χ2n) is 8.55. The predicted molar refractivity (Wildman–Crippen MR) is 113 cm³/mol. The molecule has 0 fully saturated rings. The zero-order valence-corrected chi connectivity index (χ0v) is 18.3. The fourth-order valence-corrected chi connectivity index (χ4v) is 4.24. The van der Waals surface area contributed by atoms with E-state index in [1.165, 1.54) is 4.90 Å². The summed E-state index contributed by atoms with van der Waals surface area (Å²) in [6.07, 6.45) is -5.76. The highest BCUT2D eigenvalue weighted by Crippen LogP contribution is 2.49. The molecule has 0 bridgehead atoms. The number of ether oxygens (including phenoxy) is 1. The second-order valence-corrected chi connectivity index (χ2v) is 8.55. The Labute approximate surface area is 188 Å². The summed E-state index contributed by atoms with van der Waals surface area (Å²) in [5, 5.41) is 3.16. The zero-order chi connectivity index (χ0) is 24.2. The molecule has 9 heteroatoms. The number of alkyl halides is 5. The van der Waals surface area contributed by atoms with Gasteiger partial charge in [-0.1, -0.05) is 25.1 Å². The fraction of sp³-hybridized carbons (Fsp3) is 0.375. The molecular formula is C24H23F5N2O2. The van der Waals surface area contributed by atoms with E-state index in [1.54, 1.807) is 38.1 Å². The summed E-state index contributed by atoms with van der Waals surface area (Å²) in [6, 6.07) is 9.58. The van der Waals surface area contributed by atoms with E-state index in [0.717, 1.165) is 23.8 Å². The number of likely N-dealkylation sites (N-methyl/N-ethyl adjacent to an activating group) is 1. The van der Waals surface area contributed by atoms with Crippen LogP contribution in [-0.4, -0.2) is 35.7 Å². The molecule has 0 atom stereocenters. The fourth-order valence-electron chi connectivity index (χ4n) is 4.24. The van der Waals surface area contributed by atoms with Gasteiger partial charge >= 0.3 is 12.1 Å². The Hall–Kier alpha value is -2.94. The van der Waals surface area contributed by atoms with Crippen molar-refractivity contribution in [1.29, 1.82) is 0 Å². The van der Waals surface area contributed by atoms with Crippen molar-refractivity contribution >= 4 is 11.6 Å². The van der Waals surface area contributed by atoms with Gasteiger partial charge in [0.25, 0.3) is 5.91 Å². The number of benzene rings is 2. The van der Waals surface area contributed by atoms with E-state index >= 15 is 0 Å². The third-order valence-electron chi connectivity index (χ3n) is 5.97. The minimum atomic E-state index is -5.76. The largest absolute Gasteiger partial charge is 0.483 e. The Balaban J connectivity index is 1.93. The van der Waals surface area contributed by atoms with Gasteiger partial charge in [-0.3, -0.25) is 4.79 Å². The number of halogens is 5. The van der Waals surface area contributed by atoms with Crippen LogP contribution < -0.4 is 10.1 Å². The van der Waals surface area contributed by atoms with Crippen LogP contribution in [0.25, 0.3) is 5.70 Å². The highest BCUT2D eigenvalue weighted by Gasteiger charge is 2.59. The highest BCUT2D eigenvalue weighted by atomic mass is 19.4. The summed E-state index contributed by atoms with van der Waals surface area (Å²) in [7, 11) is 0. The Bertz CT molecular complexity index is 1140. The number of fused-ring (bicyclic) bond motifs is 2. The first-order valence-electron chi connectivity index (χ1n) is 10.5. The van der Waals surface area contributed by atoms with E-state index in [0.29, 0.717) is 23.4 Å². The molecule has 2 aromatic carbocycles. The van der Waals surface area contributed by atoms with Gasteiger partial charge in [-0.25, -0.2) is 0 Å². The molecule has 2 heterocycles. The lowest BCUT2D eigenvalue weighted by atomic mass is 9.87.